The molecular formula is C9H16NPS. The Balaban J connectivity index is 3.00. The predicted octanol–water partition coefficient (Wildman–Crippen LogP) is 2.89. The quantitative estimate of drug-likeness (QED) is 0.670. The molecule has 0 fully saturated rings. The van der Waals surface area contributed by atoms with Gasteiger partial charge < -0.3 is 0 Å². The van der Waals surface area contributed by atoms with Crippen molar-refractivity contribution in [2.75, 3.05) is 0 Å². The van der Waals surface area contributed by atoms with E-state index in [1.807, 2.05) is 0 Å². The molecule has 0 amide bonds. The Morgan fingerprint density at radius 2 is 1.75 bits per heavy atom. The van der Waals surface area contributed by atoms with Crippen LogP contribution in [0.25, 0.3) is 0 Å². The highest BCUT2D eigenvalue weighted by Crippen LogP contribution is 2.23. The van der Waals surface area contributed by atoms with Crippen LogP contribution in [0.3, 0.4) is 0 Å². The summed E-state index contributed by atoms with van der Waals surface area (Å²) in [5, 5.41) is 1.25. The third kappa shape index (κ3) is 2.05. The van der Waals surface area contributed by atoms with Gasteiger partial charge in [0, 0.05) is 10.5 Å². The maximum absolute atomic E-state index is 4.61. The van der Waals surface area contributed by atoms with Crippen LogP contribution < -0.4 is 4.62 Å². The molecule has 0 N–H and O–H groups in total. The van der Waals surface area contributed by atoms with E-state index in [-0.39, 0.29) is 0 Å². The van der Waals surface area contributed by atoms with Gasteiger partial charge in [0.1, 0.15) is 0 Å². The van der Waals surface area contributed by atoms with Crippen molar-refractivity contribution in [2.24, 2.45) is 0 Å². The minimum Gasteiger partial charge on any atom is -0.245 e. The summed E-state index contributed by atoms with van der Waals surface area (Å²) in [6, 6.07) is 0. The molecule has 0 aliphatic carbocycles. The third-order valence-electron chi connectivity index (χ3n) is 1.74. The smallest absolute Gasteiger partial charge is 0.0960 e. The molecule has 1 aromatic heterocycles. The molecule has 0 radical (unpaired) electrons. The van der Waals surface area contributed by atoms with Gasteiger partial charge in [-0.15, -0.1) is 11.3 Å². The fraction of sp³-hybridized carbons (Fsp3) is 0.667. The zero-order chi connectivity index (χ0) is 9.30. The molecule has 0 saturated carbocycles. The van der Waals surface area contributed by atoms with Crippen molar-refractivity contribution in [2.45, 2.75) is 39.5 Å². The molecule has 1 aromatic rings. The van der Waals surface area contributed by atoms with Gasteiger partial charge in [-0.3, -0.25) is 0 Å². The van der Waals surface area contributed by atoms with Gasteiger partial charge in [-0.1, -0.05) is 36.9 Å². The molecule has 0 saturated heterocycles. The molecule has 1 heterocycles. The molecule has 0 aliphatic rings. The molecule has 1 unspecified atom stereocenters. The van der Waals surface area contributed by atoms with Gasteiger partial charge in [-0.25, -0.2) is 4.98 Å². The Bertz CT molecular complexity index is 265. The van der Waals surface area contributed by atoms with Crippen LogP contribution in [-0.4, -0.2) is 4.98 Å². The van der Waals surface area contributed by atoms with E-state index in [9.17, 15) is 0 Å². The molecule has 0 aliphatic heterocycles. The molecule has 1 rings (SSSR count). The largest absolute Gasteiger partial charge is 0.245 e. The van der Waals surface area contributed by atoms with Crippen molar-refractivity contribution >= 4 is 25.2 Å². The van der Waals surface area contributed by atoms with Crippen LogP contribution in [-0.2, 0) is 0 Å². The van der Waals surface area contributed by atoms with E-state index in [1.165, 1.54) is 15.3 Å². The standard InChI is InChI=1S/C9H16NPS/c1-5(2)7-9(11)12-8(10-7)6(3)4/h5-6H,11H2,1-4H3. The van der Waals surface area contributed by atoms with E-state index >= 15 is 0 Å². The average Bonchev–Trinajstić information content (AvgIpc) is 2.30. The first-order chi connectivity index (χ1) is 5.52. The lowest BCUT2D eigenvalue weighted by Crippen LogP contribution is -1.98. The highest BCUT2D eigenvalue weighted by atomic mass is 32.1. The zero-order valence-corrected chi connectivity index (χ0v) is 10.1. The topological polar surface area (TPSA) is 12.9 Å². The van der Waals surface area contributed by atoms with Crippen LogP contribution in [0.4, 0.5) is 0 Å². The van der Waals surface area contributed by atoms with Crippen molar-refractivity contribution in [3.05, 3.63) is 10.7 Å². The Morgan fingerprint density at radius 1 is 1.17 bits per heavy atom. The summed E-state index contributed by atoms with van der Waals surface area (Å²) in [5.41, 5.74) is 1.24. The van der Waals surface area contributed by atoms with Gasteiger partial charge in [0.15, 0.2) is 0 Å². The fourth-order valence-corrected chi connectivity index (χ4v) is 2.77. The highest BCUT2D eigenvalue weighted by molar-refractivity contribution is 7.43. The van der Waals surface area contributed by atoms with E-state index < -0.39 is 0 Å². The second-order valence-electron chi connectivity index (χ2n) is 3.61. The first-order valence-corrected chi connectivity index (χ1v) is 5.67. The number of thiazole rings is 1. The summed E-state index contributed by atoms with van der Waals surface area (Å²) >= 11 is 1.80. The van der Waals surface area contributed by atoms with E-state index in [0.29, 0.717) is 11.8 Å². The van der Waals surface area contributed by atoms with Crippen LogP contribution in [0.1, 0.15) is 50.2 Å². The molecule has 12 heavy (non-hydrogen) atoms. The van der Waals surface area contributed by atoms with Crippen LogP contribution >= 0.6 is 20.6 Å². The van der Waals surface area contributed by atoms with Gasteiger partial charge in [0.05, 0.1) is 10.7 Å². The molecule has 1 nitrogen and oxygen atoms in total. The van der Waals surface area contributed by atoms with E-state index in [0.717, 1.165) is 0 Å². The lowest BCUT2D eigenvalue weighted by Gasteiger charge is -2.00. The molecular weight excluding hydrogens is 185 g/mol. The minimum atomic E-state index is 0.543. The number of aromatic nitrogens is 1. The molecule has 0 bridgehead atoms. The van der Waals surface area contributed by atoms with Crippen LogP contribution in [0, 0.1) is 0 Å². The van der Waals surface area contributed by atoms with Gasteiger partial charge in [0.25, 0.3) is 0 Å². The maximum atomic E-state index is 4.61. The summed E-state index contributed by atoms with van der Waals surface area (Å²) in [5.74, 6) is 1.10. The summed E-state index contributed by atoms with van der Waals surface area (Å²) in [4.78, 5) is 4.61. The number of hydrogen-bond acceptors (Lipinski definition) is 2. The minimum absolute atomic E-state index is 0.543. The monoisotopic (exact) mass is 201 g/mol. The summed E-state index contributed by atoms with van der Waals surface area (Å²) < 4.78 is 1.30. The van der Waals surface area contributed by atoms with Gasteiger partial charge >= 0.3 is 0 Å². The van der Waals surface area contributed by atoms with E-state index in [4.69, 9.17) is 0 Å². The maximum Gasteiger partial charge on any atom is 0.0960 e. The lowest BCUT2D eigenvalue weighted by molar-refractivity contribution is 0.796. The predicted molar refractivity (Wildman–Crippen MR) is 59.6 cm³/mol. The molecule has 0 aromatic carbocycles. The number of nitrogens with zero attached hydrogens (tertiary/aromatic N) is 1. The van der Waals surface area contributed by atoms with Crippen LogP contribution in [0.5, 0.6) is 0 Å². The van der Waals surface area contributed by atoms with Gasteiger partial charge in [-0.05, 0) is 5.92 Å². The Morgan fingerprint density at radius 3 is 2.00 bits per heavy atom. The Kier molecular flexibility index (Phi) is 3.25. The van der Waals surface area contributed by atoms with Crippen LogP contribution in [0.15, 0.2) is 0 Å². The van der Waals surface area contributed by atoms with E-state index in [1.54, 1.807) is 11.3 Å². The SMILES string of the molecule is CC(C)c1nc(C(C)C)c(P)s1. The number of hydrogen-bond donors (Lipinski definition) is 0. The fourth-order valence-electron chi connectivity index (χ4n) is 1.02. The molecule has 0 spiro atoms. The van der Waals surface area contributed by atoms with E-state index in [2.05, 4.69) is 41.9 Å². The first-order valence-electron chi connectivity index (χ1n) is 4.28. The highest BCUT2D eigenvalue weighted by Gasteiger charge is 2.12. The van der Waals surface area contributed by atoms with Crippen molar-refractivity contribution in [3.63, 3.8) is 0 Å². The molecule has 1 atom stereocenters. The molecule has 68 valence electrons. The van der Waals surface area contributed by atoms with Crippen molar-refractivity contribution in [3.8, 4) is 0 Å². The number of rotatable bonds is 2. The molecule has 3 heteroatoms. The van der Waals surface area contributed by atoms with Crippen LogP contribution in [0.2, 0.25) is 0 Å². The second-order valence-corrected chi connectivity index (χ2v) is 5.67. The summed E-state index contributed by atoms with van der Waals surface area (Å²) in [7, 11) is 2.78. The second kappa shape index (κ2) is 3.85. The lowest BCUT2D eigenvalue weighted by atomic mass is 10.1. The first kappa shape index (κ1) is 10.1. The zero-order valence-electron chi connectivity index (χ0n) is 8.09. The normalized spacial score (nSPS) is 11.6. The summed E-state index contributed by atoms with van der Waals surface area (Å²) in [6.45, 7) is 8.75. The average molecular weight is 201 g/mol. The Hall–Kier alpha value is 0.0600. The summed E-state index contributed by atoms with van der Waals surface area (Å²) in [6.07, 6.45) is 0. The van der Waals surface area contributed by atoms with Gasteiger partial charge in [0.2, 0.25) is 0 Å². The van der Waals surface area contributed by atoms with Crippen molar-refractivity contribution < 1.29 is 0 Å². The van der Waals surface area contributed by atoms with Crippen molar-refractivity contribution in [1.29, 1.82) is 0 Å². The van der Waals surface area contributed by atoms with Gasteiger partial charge in [-0.2, -0.15) is 0 Å². The van der Waals surface area contributed by atoms with Crippen molar-refractivity contribution in [1.82, 2.24) is 4.98 Å². The Labute approximate surface area is 80.8 Å². The third-order valence-corrected chi connectivity index (χ3v) is 3.59.